The fourth-order valence-corrected chi connectivity index (χ4v) is 2.36. The van der Waals surface area contributed by atoms with Crippen LogP contribution in [0.25, 0.3) is 11.5 Å². The molecule has 0 amide bonds. The lowest BCUT2D eigenvalue weighted by molar-refractivity contribution is -0.590. The molecular weight excluding hydrogens is 238 g/mol. The second-order valence-electron chi connectivity index (χ2n) is 4.53. The number of allylic oxidation sites excluding steroid dienone is 1. The molecule has 0 saturated heterocycles. The zero-order chi connectivity index (χ0) is 13.2. The van der Waals surface area contributed by atoms with E-state index in [0.717, 1.165) is 5.69 Å². The summed E-state index contributed by atoms with van der Waals surface area (Å²) in [6.07, 6.45) is 2.87. The molecule has 3 rings (SSSR count). The molecule has 1 aromatic heterocycles. The van der Waals surface area contributed by atoms with E-state index < -0.39 is 0 Å². The monoisotopic (exact) mass is 251 g/mol. The van der Waals surface area contributed by atoms with Crippen molar-refractivity contribution in [1.82, 2.24) is 0 Å². The summed E-state index contributed by atoms with van der Waals surface area (Å²) in [4.78, 5) is 12.1. The molecule has 1 aliphatic rings. The normalized spacial score (nSPS) is 16.9. The van der Waals surface area contributed by atoms with Gasteiger partial charge in [-0.05, 0) is 11.3 Å². The van der Waals surface area contributed by atoms with E-state index >= 15 is 0 Å². The van der Waals surface area contributed by atoms with Gasteiger partial charge in [0.05, 0.1) is 0 Å². The minimum absolute atomic E-state index is 0.0856. The summed E-state index contributed by atoms with van der Waals surface area (Å²) in [7, 11) is 0. The Bertz CT molecular complexity index is 659. The second kappa shape index (κ2) is 4.69. The van der Waals surface area contributed by atoms with E-state index in [2.05, 4.69) is 0 Å². The molecule has 3 heteroatoms. The van der Waals surface area contributed by atoms with Crippen molar-refractivity contribution >= 4 is 17.2 Å². The van der Waals surface area contributed by atoms with Crippen LogP contribution >= 0.6 is 0 Å². The van der Waals surface area contributed by atoms with Gasteiger partial charge in [-0.2, -0.15) is 4.57 Å². The van der Waals surface area contributed by atoms with Crippen LogP contribution in [0.2, 0.25) is 0 Å². The van der Waals surface area contributed by atoms with Crippen molar-refractivity contribution in [1.29, 1.82) is 0 Å². The van der Waals surface area contributed by atoms with Crippen molar-refractivity contribution < 1.29 is 14.5 Å². The minimum atomic E-state index is -0.206. The summed E-state index contributed by atoms with van der Waals surface area (Å²) in [5.74, 6) is -0.291. The standard InChI is InChI=1S/C16H13NO2/c18-14-10-9-13-8-4-5-11-17(13)15(14)16(19)12-6-2-1-3-7-12/h1-8,11H,9-10H2. The predicted molar refractivity (Wildman–Crippen MR) is 69.5 cm³/mol. The molecule has 1 aromatic carbocycles. The number of pyridine rings is 1. The SMILES string of the molecule is O=C1CCc2cccc[n+]2/C1=C(\[O-])c1ccccc1. The third-order valence-electron chi connectivity index (χ3n) is 3.31. The Labute approximate surface area is 111 Å². The molecule has 1 aliphatic heterocycles. The van der Waals surface area contributed by atoms with Gasteiger partial charge in [-0.3, -0.25) is 4.79 Å². The fraction of sp³-hybridized carbons (Fsp3) is 0.125. The number of benzene rings is 1. The van der Waals surface area contributed by atoms with Crippen molar-refractivity contribution in [2.45, 2.75) is 12.8 Å². The van der Waals surface area contributed by atoms with Gasteiger partial charge in [0.25, 0.3) is 0 Å². The van der Waals surface area contributed by atoms with Crippen molar-refractivity contribution in [3.8, 4) is 0 Å². The van der Waals surface area contributed by atoms with Crippen LogP contribution in [0, 0.1) is 0 Å². The summed E-state index contributed by atoms with van der Waals surface area (Å²) in [6.45, 7) is 0. The zero-order valence-electron chi connectivity index (χ0n) is 10.4. The van der Waals surface area contributed by atoms with E-state index in [9.17, 15) is 9.90 Å². The first-order valence-electron chi connectivity index (χ1n) is 6.27. The van der Waals surface area contributed by atoms with Gasteiger partial charge in [0.2, 0.25) is 11.5 Å². The maximum atomic E-state index is 12.5. The number of aromatic nitrogens is 1. The first-order valence-corrected chi connectivity index (χ1v) is 6.27. The molecule has 0 bridgehead atoms. The van der Waals surface area contributed by atoms with Crippen LogP contribution in [-0.2, 0) is 11.2 Å². The number of carbonyl (C=O) groups excluding carboxylic acids is 1. The minimum Gasteiger partial charge on any atom is -0.867 e. The molecular formula is C16H13NO2. The number of hydrogen-bond donors (Lipinski definition) is 0. The Morgan fingerprint density at radius 2 is 1.74 bits per heavy atom. The molecule has 2 heterocycles. The number of rotatable bonds is 1. The van der Waals surface area contributed by atoms with Gasteiger partial charge in [0, 0.05) is 25.0 Å². The lowest BCUT2D eigenvalue weighted by Gasteiger charge is -2.18. The molecule has 3 nitrogen and oxygen atoms in total. The number of nitrogens with zero attached hydrogens (tertiary/aromatic N) is 1. The largest absolute Gasteiger partial charge is 0.867 e. The van der Waals surface area contributed by atoms with Gasteiger partial charge >= 0.3 is 0 Å². The highest BCUT2D eigenvalue weighted by Crippen LogP contribution is 2.19. The molecule has 19 heavy (non-hydrogen) atoms. The maximum Gasteiger partial charge on any atom is 0.246 e. The molecule has 0 atom stereocenters. The summed E-state index contributed by atoms with van der Waals surface area (Å²) in [5, 5.41) is 12.5. The third kappa shape index (κ3) is 2.03. The van der Waals surface area contributed by atoms with Crippen LogP contribution in [0.3, 0.4) is 0 Å². The van der Waals surface area contributed by atoms with Crippen LogP contribution in [0.4, 0.5) is 0 Å². The van der Waals surface area contributed by atoms with E-state index in [1.165, 1.54) is 0 Å². The van der Waals surface area contributed by atoms with Crippen LogP contribution in [0.15, 0.2) is 54.7 Å². The highest BCUT2D eigenvalue weighted by atomic mass is 16.3. The lowest BCUT2D eigenvalue weighted by atomic mass is 10.0. The molecule has 2 aromatic rings. The predicted octanol–water partition coefficient (Wildman–Crippen LogP) is 1.18. The van der Waals surface area contributed by atoms with Crippen molar-refractivity contribution in [2.24, 2.45) is 0 Å². The van der Waals surface area contributed by atoms with Gasteiger partial charge in [0.1, 0.15) is 0 Å². The van der Waals surface area contributed by atoms with Gasteiger partial charge in [-0.1, -0.05) is 36.4 Å². The number of aryl methyl sites for hydroxylation is 1. The Hall–Kier alpha value is -2.42. The summed E-state index contributed by atoms with van der Waals surface area (Å²) in [5.41, 5.74) is 1.81. The summed E-state index contributed by atoms with van der Waals surface area (Å²) in [6, 6.07) is 14.6. The molecule has 0 aliphatic carbocycles. The summed E-state index contributed by atoms with van der Waals surface area (Å²) >= 11 is 0. The molecule has 0 fully saturated rings. The van der Waals surface area contributed by atoms with E-state index in [4.69, 9.17) is 0 Å². The Morgan fingerprint density at radius 3 is 2.53 bits per heavy atom. The third-order valence-corrected chi connectivity index (χ3v) is 3.31. The van der Waals surface area contributed by atoms with Crippen LogP contribution in [0.1, 0.15) is 17.7 Å². The van der Waals surface area contributed by atoms with Crippen molar-refractivity contribution in [3.63, 3.8) is 0 Å². The molecule has 0 spiro atoms. The van der Waals surface area contributed by atoms with Gasteiger partial charge in [-0.15, -0.1) is 0 Å². The quantitative estimate of drug-likeness (QED) is 0.434. The molecule has 0 radical (unpaired) electrons. The van der Waals surface area contributed by atoms with Crippen LogP contribution in [-0.4, -0.2) is 5.78 Å². The molecule has 0 N–H and O–H groups in total. The van der Waals surface area contributed by atoms with Crippen LogP contribution in [0.5, 0.6) is 0 Å². The smallest absolute Gasteiger partial charge is 0.246 e. The maximum absolute atomic E-state index is 12.5. The van der Waals surface area contributed by atoms with Crippen LogP contribution < -0.4 is 9.67 Å². The van der Waals surface area contributed by atoms with Crippen molar-refractivity contribution in [2.75, 3.05) is 0 Å². The van der Waals surface area contributed by atoms with Gasteiger partial charge < -0.3 is 5.11 Å². The highest BCUT2D eigenvalue weighted by molar-refractivity contribution is 6.18. The first-order chi connectivity index (χ1) is 9.27. The summed E-state index contributed by atoms with van der Waals surface area (Å²) < 4.78 is 1.72. The average molecular weight is 251 g/mol. The fourth-order valence-electron chi connectivity index (χ4n) is 2.36. The lowest BCUT2D eigenvalue weighted by Crippen LogP contribution is -2.45. The molecule has 0 saturated carbocycles. The Morgan fingerprint density at radius 1 is 1.00 bits per heavy atom. The number of Topliss-reactive ketones (excluding diaryl/α,β-unsaturated/α-hetero) is 1. The molecule has 94 valence electrons. The highest BCUT2D eigenvalue weighted by Gasteiger charge is 2.29. The number of hydrogen-bond acceptors (Lipinski definition) is 2. The Balaban J connectivity index is 2.21. The number of fused-ring (bicyclic) bond motifs is 1. The number of carbonyl (C=O) groups is 1. The van der Waals surface area contributed by atoms with E-state index in [1.807, 2.05) is 24.3 Å². The topological polar surface area (TPSA) is 44.0 Å². The first kappa shape index (κ1) is 11.7. The molecule has 0 unspecified atom stereocenters. The van der Waals surface area contributed by atoms with E-state index in [0.29, 0.717) is 18.4 Å². The van der Waals surface area contributed by atoms with E-state index in [-0.39, 0.29) is 17.2 Å². The van der Waals surface area contributed by atoms with Crippen molar-refractivity contribution in [3.05, 3.63) is 66.0 Å². The van der Waals surface area contributed by atoms with Gasteiger partial charge in [0.15, 0.2) is 11.9 Å². The van der Waals surface area contributed by atoms with Gasteiger partial charge in [-0.25, -0.2) is 0 Å². The average Bonchev–Trinajstić information content (AvgIpc) is 2.47. The second-order valence-corrected chi connectivity index (χ2v) is 4.53. The Kier molecular flexibility index (Phi) is 2.88. The van der Waals surface area contributed by atoms with E-state index in [1.54, 1.807) is 35.0 Å². The zero-order valence-corrected chi connectivity index (χ0v) is 10.4. The number of ketones is 1.